The summed E-state index contributed by atoms with van der Waals surface area (Å²) in [6.45, 7) is 0. The Hall–Kier alpha value is -1.74. The number of benzene rings is 2. The van der Waals surface area contributed by atoms with Gasteiger partial charge >= 0.3 is 0 Å². The van der Waals surface area contributed by atoms with E-state index in [4.69, 9.17) is 0 Å². The lowest BCUT2D eigenvalue weighted by Gasteiger charge is -2.07. The van der Waals surface area contributed by atoms with Gasteiger partial charge in [-0.25, -0.2) is 30.4 Å². The Morgan fingerprint density at radius 3 is 1.79 bits per heavy atom. The van der Waals surface area contributed by atoms with Crippen LogP contribution in [-0.4, -0.2) is 8.42 Å². The van der Waals surface area contributed by atoms with Crippen molar-refractivity contribution in [3.63, 3.8) is 0 Å². The maximum atomic E-state index is 13.5. The number of rotatable bonds is 4. The van der Waals surface area contributed by atoms with Crippen LogP contribution in [0.2, 0.25) is 0 Å². The molecule has 0 saturated heterocycles. The van der Waals surface area contributed by atoms with Gasteiger partial charge in [-0.1, -0.05) is 28.1 Å². The van der Waals surface area contributed by atoms with E-state index in [1.807, 2.05) is 0 Å². The molecule has 2 nitrogen and oxygen atoms in total. The molecule has 0 atom stereocenters. The molecule has 0 amide bonds. The summed E-state index contributed by atoms with van der Waals surface area (Å²) in [7, 11) is -4.26. The van der Waals surface area contributed by atoms with Crippen LogP contribution >= 0.6 is 15.9 Å². The summed E-state index contributed by atoms with van der Waals surface area (Å²) >= 11 is 3.19. The average molecular weight is 427 g/mol. The molecule has 0 aliphatic carbocycles. The molecule has 0 saturated carbocycles. The second-order valence-electron chi connectivity index (χ2n) is 4.71. The highest BCUT2D eigenvalue weighted by Gasteiger charge is 2.27. The first-order valence-corrected chi connectivity index (χ1v) is 8.80. The molecule has 0 aromatic heterocycles. The maximum Gasteiger partial charge on any atom is 0.200 e. The zero-order valence-corrected chi connectivity index (χ0v) is 14.1. The number of hydrogen-bond donors (Lipinski definition) is 0. The minimum Gasteiger partial charge on any atom is -0.224 e. The fourth-order valence-corrected chi connectivity index (χ4v) is 3.16. The molecular formula is C15H8BrF5O2S. The summed E-state index contributed by atoms with van der Waals surface area (Å²) < 4.78 is 90.7. The van der Waals surface area contributed by atoms with Crippen LogP contribution in [0.15, 0.2) is 34.1 Å². The quantitative estimate of drug-likeness (QED) is 0.402. The summed E-state index contributed by atoms with van der Waals surface area (Å²) in [5.74, 6) is -12.4. The summed E-state index contributed by atoms with van der Waals surface area (Å²) in [4.78, 5) is 0. The van der Waals surface area contributed by atoms with Crippen LogP contribution in [0.4, 0.5) is 22.0 Å². The van der Waals surface area contributed by atoms with Crippen LogP contribution in [-0.2, 0) is 15.6 Å². The highest BCUT2D eigenvalue weighted by atomic mass is 79.9. The molecule has 2 aromatic carbocycles. The molecule has 2 rings (SSSR count). The van der Waals surface area contributed by atoms with Gasteiger partial charge in [0.25, 0.3) is 0 Å². The standard InChI is InChI=1S/C15H8BrF5O2S/c16-9-3-1-8(2-4-9)5-6-24(22,23)7-10-11(17)13(19)15(21)14(20)12(10)18/h1-6H,7H2. The first-order chi connectivity index (χ1) is 11.1. The van der Waals surface area contributed by atoms with Crippen LogP contribution in [0.1, 0.15) is 11.1 Å². The van der Waals surface area contributed by atoms with E-state index >= 15 is 0 Å². The van der Waals surface area contributed by atoms with Crippen LogP contribution in [0.5, 0.6) is 0 Å². The fraction of sp³-hybridized carbons (Fsp3) is 0.0667. The van der Waals surface area contributed by atoms with Crippen molar-refractivity contribution in [2.24, 2.45) is 0 Å². The van der Waals surface area contributed by atoms with Gasteiger partial charge in [0.1, 0.15) is 0 Å². The molecule has 128 valence electrons. The van der Waals surface area contributed by atoms with Gasteiger partial charge in [-0.3, -0.25) is 0 Å². The van der Waals surface area contributed by atoms with Gasteiger partial charge in [0.05, 0.1) is 5.75 Å². The average Bonchev–Trinajstić information content (AvgIpc) is 2.55. The highest BCUT2D eigenvalue weighted by Crippen LogP contribution is 2.25. The van der Waals surface area contributed by atoms with E-state index in [-0.39, 0.29) is 0 Å². The van der Waals surface area contributed by atoms with Crippen molar-refractivity contribution in [2.75, 3.05) is 0 Å². The molecule has 0 spiro atoms. The van der Waals surface area contributed by atoms with Crippen molar-refractivity contribution < 1.29 is 30.4 Å². The summed E-state index contributed by atoms with van der Waals surface area (Å²) in [6.07, 6.45) is 1.15. The van der Waals surface area contributed by atoms with Crippen LogP contribution in [0, 0.1) is 29.1 Å². The highest BCUT2D eigenvalue weighted by molar-refractivity contribution is 9.10. The number of hydrogen-bond acceptors (Lipinski definition) is 2. The van der Waals surface area contributed by atoms with Crippen LogP contribution < -0.4 is 0 Å². The Balaban J connectivity index is 2.35. The zero-order valence-electron chi connectivity index (χ0n) is 11.7. The Kier molecular flexibility index (Phi) is 5.44. The van der Waals surface area contributed by atoms with E-state index < -0.39 is 50.2 Å². The lowest BCUT2D eigenvalue weighted by molar-refractivity contribution is 0.372. The molecule has 0 fully saturated rings. The summed E-state index contributed by atoms with van der Waals surface area (Å²) in [6, 6.07) is 6.40. The van der Waals surface area contributed by atoms with Crippen molar-refractivity contribution in [1.82, 2.24) is 0 Å². The molecule has 2 aromatic rings. The third kappa shape index (κ3) is 4.02. The maximum absolute atomic E-state index is 13.5. The Labute approximate surface area is 142 Å². The van der Waals surface area contributed by atoms with Gasteiger partial charge in [-0.15, -0.1) is 0 Å². The van der Waals surface area contributed by atoms with Gasteiger partial charge < -0.3 is 0 Å². The largest absolute Gasteiger partial charge is 0.224 e. The van der Waals surface area contributed by atoms with Crippen molar-refractivity contribution >= 4 is 31.8 Å². The fourth-order valence-electron chi connectivity index (χ4n) is 1.78. The number of halogens is 6. The van der Waals surface area contributed by atoms with Gasteiger partial charge in [0.2, 0.25) is 5.82 Å². The monoisotopic (exact) mass is 426 g/mol. The topological polar surface area (TPSA) is 34.1 Å². The van der Waals surface area contributed by atoms with E-state index in [9.17, 15) is 30.4 Å². The Morgan fingerprint density at radius 2 is 1.29 bits per heavy atom. The normalized spacial score (nSPS) is 12.1. The minimum atomic E-state index is -4.26. The van der Waals surface area contributed by atoms with Gasteiger partial charge in [0, 0.05) is 15.4 Å². The predicted octanol–water partition coefficient (Wildman–Crippen LogP) is 4.73. The molecule has 0 aliphatic rings. The van der Waals surface area contributed by atoms with Gasteiger partial charge in [-0.05, 0) is 23.8 Å². The first kappa shape index (κ1) is 18.6. The molecule has 24 heavy (non-hydrogen) atoms. The lowest BCUT2D eigenvalue weighted by atomic mass is 10.2. The lowest BCUT2D eigenvalue weighted by Crippen LogP contribution is -2.11. The van der Waals surface area contributed by atoms with Crippen molar-refractivity contribution in [1.29, 1.82) is 0 Å². The van der Waals surface area contributed by atoms with Crippen molar-refractivity contribution in [3.05, 3.63) is 74.4 Å². The Bertz CT molecular complexity index is 879. The molecule has 9 heteroatoms. The summed E-state index contributed by atoms with van der Waals surface area (Å²) in [5, 5.41) is 0.647. The molecule has 0 N–H and O–H groups in total. The molecule has 0 heterocycles. The number of sulfone groups is 1. The van der Waals surface area contributed by atoms with Gasteiger partial charge in [-0.2, -0.15) is 0 Å². The smallest absolute Gasteiger partial charge is 0.200 e. The van der Waals surface area contributed by atoms with Gasteiger partial charge in [0.15, 0.2) is 33.1 Å². The van der Waals surface area contributed by atoms with Crippen LogP contribution in [0.3, 0.4) is 0 Å². The third-order valence-electron chi connectivity index (χ3n) is 2.98. The summed E-state index contributed by atoms with van der Waals surface area (Å²) in [5.41, 5.74) is -0.925. The van der Waals surface area contributed by atoms with E-state index in [2.05, 4.69) is 15.9 Å². The van der Waals surface area contributed by atoms with E-state index in [1.54, 1.807) is 24.3 Å². The van der Waals surface area contributed by atoms with E-state index in [0.29, 0.717) is 11.0 Å². The SMILES string of the molecule is O=S(=O)(C=Cc1ccc(Br)cc1)Cc1c(F)c(F)c(F)c(F)c1F. The molecule has 0 unspecified atom stereocenters. The molecule has 0 radical (unpaired) electrons. The van der Waals surface area contributed by atoms with Crippen molar-refractivity contribution in [3.8, 4) is 0 Å². The van der Waals surface area contributed by atoms with Crippen LogP contribution in [0.25, 0.3) is 6.08 Å². The van der Waals surface area contributed by atoms with Crippen molar-refractivity contribution in [2.45, 2.75) is 5.75 Å². The minimum absolute atomic E-state index is 0.471. The Morgan fingerprint density at radius 1 is 0.833 bits per heavy atom. The predicted molar refractivity (Wildman–Crippen MR) is 82.0 cm³/mol. The van der Waals surface area contributed by atoms with E-state index in [1.165, 1.54) is 0 Å². The molecular weight excluding hydrogens is 419 g/mol. The third-order valence-corrected chi connectivity index (χ3v) is 4.75. The molecule has 0 bridgehead atoms. The molecule has 0 aliphatic heterocycles. The van der Waals surface area contributed by atoms with E-state index in [0.717, 1.165) is 10.5 Å². The second-order valence-corrected chi connectivity index (χ2v) is 7.51. The first-order valence-electron chi connectivity index (χ1n) is 6.29. The zero-order chi connectivity index (χ0) is 18.1. The second kappa shape index (κ2) is 7.02.